The molecule has 3 N–H and O–H groups in total. The first-order valence-corrected chi connectivity index (χ1v) is 6.25. The Balaban J connectivity index is 2.34. The van der Waals surface area contributed by atoms with Gasteiger partial charge in [-0.05, 0) is 49.2 Å². The van der Waals surface area contributed by atoms with Gasteiger partial charge < -0.3 is 11.1 Å². The van der Waals surface area contributed by atoms with Crippen molar-refractivity contribution < 1.29 is 0 Å². The quantitative estimate of drug-likeness (QED) is 0.805. The van der Waals surface area contributed by atoms with Crippen molar-refractivity contribution in [3.05, 3.63) is 52.0 Å². The largest absolute Gasteiger partial charge is 0.397 e. The van der Waals surface area contributed by atoms with Gasteiger partial charge in [-0.2, -0.15) is 0 Å². The highest BCUT2D eigenvalue weighted by molar-refractivity contribution is 9.10. The van der Waals surface area contributed by atoms with Gasteiger partial charge in [0, 0.05) is 10.2 Å². The summed E-state index contributed by atoms with van der Waals surface area (Å²) >= 11 is 3.49. The fourth-order valence-electron chi connectivity index (χ4n) is 1.75. The molecule has 0 unspecified atom stereocenters. The number of nitrogen functional groups attached to an aromatic ring is 1. The molecule has 0 bridgehead atoms. The third-order valence-electron chi connectivity index (χ3n) is 2.65. The average molecular weight is 291 g/mol. The van der Waals surface area contributed by atoms with Crippen LogP contribution in [0.5, 0.6) is 0 Å². The lowest BCUT2D eigenvalue weighted by Crippen LogP contribution is -1.98. The van der Waals surface area contributed by atoms with Crippen LogP contribution in [0.1, 0.15) is 11.1 Å². The van der Waals surface area contributed by atoms with Gasteiger partial charge in [0.25, 0.3) is 0 Å². The first-order chi connectivity index (χ1) is 8.06. The summed E-state index contributed by atoms with van der Waals surface area (Å²) in [5.74, 6) is 0. The van der Waals surface area contributed by atoms with Crippen molar-refractivity contribution in [2.45, 2.75) is 13.8 Å². The van der Waals surface area contributed by atoms with Gasteiger partial charge in [0.15, 0.2) is 0 Å². The second-order valence-corrected chi connectivity index (χ2v) is 5.09. The zero-order valence-corrected chi connectivity index (χ0v) is 11.5. The number of nitrogens with one attached hydrogen (secondary N) is 1. The zero-order chi connectivity index (χ0) is 12.4. The Morgan fingerprint density at radius 2 is 1.88 bits per heavy atom. The summed E-state index contributed by atoms with van der Waals surface area (Å²) in [6.45, 7) is 4.07. The van der Waals surface area contributed by atoms with E-state index in [9.17, 15) is 0 Å². The van der Waals surface area contributed by atoms with Gasteiger partial charge in [0.1, 0.15) is 0 Å². The van der Waals surface area contributed by atoms with Crippen LogP contribution < -0.4 is 11.1 Å². The number of hydrogen-bond acceptors (Lipinski definition) is 2. The molecular formula is C14H15BrN2. The van der Waals surface area contributed by atoms with E-state index in [1.807, 2.05) is 31.2 Å². The van der Waals surface area contributed by atoms with E-state index < -0.39 is 0 Å². The summed E-state index contributed by atoms with van der Waals surface area (Å²) < 4.78 is 1.06. The van der Waals surface area contributed by atoms with E-state index in [4.69, 9.17) is 5.73 Å². The number of halogens is 1. The van der Waals surface area contributed by atoms with Gasteiger partial charge in [-0.15, -0.1) is 0 Å². The number of anilines is 3. The van der Waals surface area contributed by atoms with Gasteiger partial charge in [0.05, 0.1) is 11.4 Å². The molecule has 0 aliphatic rings. The van der Waals surface area contributed by atoms with Crippen molar-refractivity contribution in [2.75, 3.05) is 11.1 Å². The maximum Gasteiger partial charge on any atom is 0.0620 e. The molecule has 2 aromatic carbocycles. The fourth-order valence-corrected chi connectivity index (χ4v) is 2.36. The number of para-hydroxylation sites is 1. The number of aryl methyl sites for hydroxylation is 2. The molecule has 0 fully saturated rings. The van der Waals surface area contributed by atoms with E-state index in [1.54, 1.807) is 0 Å². The molecule has 0 amide bonds. The fraction of sp³-hybridized carbons (Fsp3) is 0.143. The third kappa shape index (κ3) is 2.80. The molecule has 0 aliphatic heterocycles. The Morgan fingerprint density at radius 1 is 1.12 bits per heavy atom. The molecule has 17 heavy (non-hydrogen) atoms. The molecule has 3 heteroatoms. The second kappa shape index (κ2) is 4.80. The highest BCUT2D eigenvalue weighted by atomic mass is 79.9. The van der Waals surface area contributed by atoms with Crippen LogP contribution in [0.3, 0.4) is 0 Å². The zero-order valence-electron chi connectivity index (χ0n) is 9.92. The van der Waals surface area contributed by atoms with E-state index in [0.717, 1.165) is 27.1 Å². The monoisotopic (exact) mass is 290 g/mol. The van der Waals surface area contributed by atoms with Gasteiger partial charge >= 0.3 is 0 Å². The maximum absolute atomic E-state index is 6.03. The predicted octanol–water partition coefficient (Wildman–Crippen LogP) is 4.39. The molecular weight excluding hydrogens is 276 g/mol. The number of hydrogen-bond donors (Lipinski definition) is 2. The van der Waals surface area contributed by atoms with Crippen LogP contribution in [0, 0.1) is 13.8 Å². The van der Waals surface area contributed by atoms with Crippen LogP contribution in [0.2, 0.25) is 0 Å². The minimum absolute atomic E-state index is 0.796. The summed E-state index contributed by atoms with van der Waals surface area (Å²) in [6.07, 6.45) is 0. The average Bonchev–Trinajstić information content (AvgIpc) is 2.23. The molecule has 0 saturated heterocycles. The minimum Gasteiger partial charge on any atom is -0.397 e. The number of nitrogens with two attached hydrogens (primary N) is 1. The van der Waals surface area contributed by atoms with E-state index >= 15 is 0 Å². The summed E-state index contributed by atoms with van der Waals surface area (Å²) in [4.78, 5) is 0. The topological polar surface area (TPSA) is 38.0 Å². The van der Waals surface area contributed by atoms with Crippen LogP contribution >= 0.6 is 15.9 Å². The molecule has 2 aromatic rings. The Morgan fingerprint density at radius 3 is 2.59 bits per heavy atom. The van der Waals surface area contributed by atoms with Crippen LogP contribution in [0.4, 0.5) is 17.1 Å². The summed E-state index contributed by atoms with van der Waals surface area (Å²) in [7, 11) is 0. The van der Waals surface area contributed by atoms with E-state index in [1.165, 1.54) is 5.56 Å². The van der Waals surface area contributed by atoms with Crippen molar-refractivity contribution >= 4 is 33.0 Å². The smallest absolute Gasteiger partial charge is 0.0620 e. The Labute approximate surface area is 110 Å². The molecule has 0 heterocycles. The molecule has 2 rings (SSSR count). The van der Waals surface area contributed by atoms with Crippen molar-refractivity contribution in [3.63, 3.8) is 0 Å². The van der Waals surface area contributed by atoms with Crippen LogP contribution in [0.15, 0.2) is 40.9 Å². The van der Waals surface area contributed by atoms with Crippen LogP contribution in [-0.2, 0) is 0 Å². The van der Waals surface area contributed by atoms with Gasteiger partial charge in [-0.1, -0.05) is 28.1 Å². The lowest BCUT2D eigenvalue weighted by molar-refractivity contribution is 1.41. The van der Waals surface area contributed by atoms with Crippen molar-refractivity contribution in [3.8, 4) is 0 Å². The summed E-state index contributed by atoms with van der Waals surface area (Å²) in [6, 6.07) is 12.2. The molecule has 88 valence electrons. The second-order valence-electron chi connectivity index (χ2n) is 4.18. The first-order valence-electron chi connectivity index (χ1n) is 5.45. The SMILES string of the molecule is Cc1cc(Br)cc(Nc2cccc(C)c2N)c1. The standard InChI is InChI=1S/C14H15BrN2/c1-9-6-11(15)8-12(7-9)17-13-5-3-4-10(2)14(13)16/h3-8,17H,16H2,1-2H3. The van der Waals surface area contributed by atoms with Gasteiger partial charge in [0.2, 0.25) is 0 Å². The summed E-state index contributed by atoms with van der Waals surface area (Å²) in [5.41, 5.74) is 11.1. The van der Waals surface area contributed by atoms with Gasteiger partial charge in [-0.3, -0.25) is 0 Å². The molecule has 0 atom stereocenters. The molecule has 0 radical (unpaired) electrons. The van der Waals surface area contributed by atoms with Crippen LogP contribution in [0.25, 0.3) is 0 Å². The van der Waals surface area contributed by atoms with Gasteiger partial charge in [-0.25, -0.2) is 0 Å². The summed E-state index contributed by atoms with van der Waals surface area (Å²) in [5, 5.41) is 3.34. The minimum atomic E-state index is 0.796. The van der Waals surface area contributed by atoms with E-state index in [0.29, 0.717) is 0 Å². The van der Waals surface area contributed by atoms with Crippen molar-refractivity contribution in [1.29, 1.82) is 0 Å². The Hall–Kier alpha value is -1.48. The lowest BCUT2D eigenvalue weighted by atomic mass is 10.1. The molecule has 0 spiro atoms. The van der Waals surface area contributed by atoms with E-state index in [2.05, 4.69) is 40.3 Å². The molecule has 0 aliphatic carbocycles. The number of benzene rings is 2. The number of rotatable bonds is 2. The molecule has 2 nitrogen and oxygen atoms in total. The highest BCUT2D eigenvalue weighted by Crippen LogP contribution is 2.27. The first kappa shape index (κ1) is 12.0. The third-order valence-corrected chi connectivity index (χ3v) is 3.10. The Bertz CT molecular complexity index is 530. The Kier molecular flexibility index (Phi) is 3.38. The molecule has 0 aromatic heterocycles. The highest BCUT2D eigenvalue weighted by Gasteiger charge is 2.02. The van der Waals surface area contributed by atoms with Crippen molar-refractivity contribution in [2.24, 2.45) is 0 Å². The van der Waals surface area contributed by atoms with Crippen molar-refractivity contribution in [1.82, 2.24) is 0 Å². The van der Waals surface area contributed by atoms with E-state index in [-0.39, 0.29) is 0 Å². The molecule has 0 saturated carbocycles. The maximum atomic E-state index is 6.03. The lowest BCUT2D eigenvalue weighted by Gasteiger charge is -2.12. The predicted molar refractivity (Wildman–Crippen MR) is 77.8 cm³/mol. The van der Waals surface area contributed by atoms with Crippen LogP contribution in [-0.4, -0.2) is 0 Å². The normalized spacial score (nSPS) is 10.3.